The molecule has 0 radical (unpaired) electrons. The fourth-order valence-corrected chi connectivity index (χ4v) is 3.31. The molecule has 2 aromatic rings. The number of benzene rings is 2. The van der Waals surface area contributed by atoms with Gasteiger partial charge in [0.05, 0.1) is 4.92 Å². The summed E-state index contributed by atoms with van der Waals surface area (Å²) in [4.78, 5) is 24.4. The van der Waals surface area contributed by atoms with Crippen molar-refractivity contribution in [1.82, 2.24) is 10.2 Å². The van der Waals surface area contributed by atoms with Crippen LogP contribution in [0.25, 0.3) is 0 Å². The van der Waals surface area contributed by atoms with E-state index in [1.165, 1.54) is 17.7 Å². The first-order chi connectivity index (χ1) is 12.6. The van der Waals surface area contributed by atoms with Crippen molar-refractivity contribution in [3.8, 4) is 0 Å². The van der Waals surface area contributed by atoms with Crippen molar-refractivity contribution in [2.45, 2.75) is 25.8 Å². The lowest BCUT2D eigenvalue weighted by Crippen LogP contribution is -2.44. The number of hydrogen-bond acceptors (Lipinski definition) is 3. The van der Waals surface area contributed by atoms with Crippen LogP contribution in [0.3, 0.4) is 0 Å². The summed E-state index contributed by atoms with van der Waals surface area (Å²) >= 11 is 0. The Kier molecular flexibility index (Phi) is 5.84. The number of carbonyl (C=O) groups excluding carboxylic acids is 1. The molecular formula is C20H23N3O3. The Balaban J connectivity index is 1.42. The Morgan fingerprint density at radius 3 is 2.31 bits per heavy atom. The van der Waals surface area contributed by atoms with Gasteiger partial charge in [0, 0.05) is 31.8 Å². The molecule has 1 heterocycles. The second kappa shape index (κ2) is 8.47. The summed E-state index contributed by atoms with van der Waals surface area (Å²) in [5, 5.41) is 13.6. The average molecular weight is 353 g/mol. The molecule has 0 unspecified atom stereocenters. The Hall–Kier alpha value is -2.89. The lowest BCUT2D eigenvalue weighted by molar-refractivity contribution is -0.384. The number of carbonyl (C=O) groups is 1. The summed E-state index contributed by atoms with van der Waals surface area (Å²) in [6.45, 7) is 1.91. The van der Waals surface area contributed by atoms with E-state index in [0.29, 0.717) is 12.5 Å². The molecule has 0 spiro atoms. The largest absolute Gasteiger partial charge is 0.334 e. The molecule has 0 aromatic heterocycles. The first-order valence-corrected chi connectivity index (χ1v) is 8.92. The molecule has 26 heavy (non-hydrogen) atoms. The van der Waals surface area contributed by atoms with Crippen LogP contribution in [0.4, 0.5) is 10.5 Å². The number of piperidine rings is 1. The summed E-state index contributed by atoms with van der Waals surface area (Å²) < 4.78 is 0. The minimum Gasteiger partial charge on any atom is -0.334 e. The van der Waals surface area contributed by atoms with Gasteiger partial charge >= 0.3 is 6.03 Å². The third-order valence-electron chi connectivity index (χ3n) is 4.86. The van der Waals surface area contributed by atoms with Gasteiger partial charge in [-0.15, -0.1) is 0 Å². The van der Waals surface area contributed by atoms with Gasteiger partial charge < -0.3 is 10.2 Å². The summed E-state index contributed by atoms with van der Waals surface area (Å²) in [5.41, 5.74) is 2.26. The number of hydrogen-bond donors (Lipinski definition) is 1. The van der Waals surface area contributed by atoms with E-state index in [2.05, 4.69) is 29.6 Å². The van der Waals surface area contributed by atoms with Crippen LogP contribution in [-0.2, 0) is 13.0 Å². The average Bonchev–Trinajstić information content (AvgIpc) is 2.68. The molecule has 0 saturated carbocycles. The van der Waals surface area contributed by atoms with E-state index in [0.717, 1.165) is 37.9 Å². The van der Waals surface area contributed by atoms with E-state index < -0.39 is 4.92 Å². The minimum atomic E-state index is -0.429. The first kappa shape index (κ1) is 17.9. The Bertz CT molecular complexity index is 739. The topological polar surface area (TPSA) is 75.5 Å². The van der Waals surface area contributed by atoms with Crippen molar-refractivity contribution >= 4 is 11.7 Å². The fourth-order valence-electron chi connectivity index (χ4n) is 3.31. The molecule has 1 aliphatic heterocycles. The van der Waals surface area contributed by atoms with Gasteiger partial charge in [-0.3, -0.25) is 10.1 Å². The van der Waals surface area contributed by atoms with Gasteiger partial charge in [-0.2, -0.15) is 0 Å². The quantitative estimate of drug-likeness (QED) is 0.657. The van der Waals surface area contributed by atoms with Crippen molar-refractivity contribution in [1.29, 1.82) is 0 Å². The van der Waals surface area contributed by atoms with E-state index in [-0.39, 0.29) is 11.7 Å². The molecule has 2 aromatic carbocycles. The van der Waals surface area contributed by atoms with Crippen LogP contribution in [0.15, 0.2) is 54.6 Å². The van der Waals surface area contributed by atoms with Gasteiger partial charge in [-0.05, 0) is 36.3 Å². The van der Waals surface area contributed by atoms with Crippen LogP contribution in [0, 0.1) is 16.0 Å². The van der Waals surface area contributed by atoms with E-state index >= 15 is 0 Å². The number of amides is 2. The predicted molar refractivity (Wildman–Crippen MR) is 99.8 cm³/mol. The lowest BCUT2D eigenvalue weighted by Gasteiger charge is -2.32. The van der Waals surface area contributed by atoms with Gasteiger partial charge in [-0.25, -0.2) is 4.79 Å². The molecule has 0 aliphatic carbocycles. The summed E-state index contributed by atoms with van der Waals surface area (Å²) in [5.74, 6) is 0.621. The highest BCUT2D eigenvalue weighted by Crippen LogP contribution is 2.21. The van der Waals surface area contributed by atoms with Crippen LogP contribution < -0.4 is 5.32 Å². The molecule has 1 N–H and O–H groups in total. The predicted octanol–water partition coefficient (Wildman–Crippen LogP) is 3.76. The Labute approximate surface area is 153 Å². The SMILES string of the molecule is O=C(NCc1ccc([N+](=O)[O-])cc1)N1CCC(Cc2ccccc2)CC1. The van der Waals surface area contributed by atoms with Crippen molar-refractivity contribution in [2.75, 3.05) is 13.1 Å². The monoisotopic (exact) mass is 353 g/mol. The van der Waals surface area contributed by atoms with Crippen molar-refractivity contribution in [2.24, 2.45) is 5.92 Å². The second-order valence-electron chi connectivity index (χ2n) is 6.70. The third kappa shape index (κ3) is 4.81. The molecule has 0 bridgehead atoms. The third-order valence-corrected chi connectivity index (χ3v) is 4.86. The van der Waals surface area contributed by atoms with Crippen LogP contribution in [0.5, 0.6) is 0 Å². The minimum absolute atomic E-state index is 0.0561. The lowest BCUT2D eigenvalue weighted by atomic mass is 9.90. The molecule has 0 atom stereocenters. The highest BCUT2D eigenvalue weighted by molar-refractivity contribution is 5.74. The molecule has 2 amide bonds. The smallest absolute Gasteiger partial charge is 0.317 e. The van der Waals surface area contributed by atoms with Gasteiger partial charge in [0.25, 0.3) is 5.69 Å². The van der Waals surface area contributed by atoms with Crippen LogP contribution in [-0.4, -0.2) is 28.9 Å². The van der Waals surface area contributed by atoms with Crippen LogP contribution in [0.1, 0.15) is 24.0 Å². The number of rotatable bonds is 5. The Morgan fingerprint density at radius 2 is 1.69 bits per heavy atom. The molecule has 136 valence electrons. The number of likely N-dealkylation sites (tertiary alicyclic amines) is 1. The van der Waals surface area contributed by atoms with Gasteiger partial charge in [0.15, 0.2) is 0 Å². The number of non-ortho nitro benzene ring substituents is 1. The second-order valence-corrected chi connectivity index (χ2v) is 6.70. The molecule has 1 fully saturated rings. The number of nitro benzene ring substituents is 1. The zero-order chi connectivity index (χ0) is 18.4. The van der Waals surface area contributed by atoms with Gasteiger partial charge in [-0.1, -0.05) is 42.5 Å². The number of nitro groups is 1. The van der Waals surface area contributed by atoms with Crippen molar-refractivity contribution < 1.29 is 9.72 Å². The summed E-state index contributed by atoms with van der Waals surface area (Å²) in [6.07, 6.45) is 3.10. The van der Waals surface area contributed by atoms with Gasteiger partial charge in [0.2, 0.25) is 0 Å². The molecule has 6 heteroatoms. The normalized spacial score (nSPS) is 14.8. The van der Waals surface area contributed by atoms with Crippen molar-refractivity contribution in [3.05, 3.63) is 75.8 Å². The van der Waals surface area contributed by atoms with Crippen LogP contribution >= 0.6 is 0 Å². The molecule has 1 saturated heterocycles. The molecule has 3 rings (SSSR count). The van der Waals surface area contributed by atoms with E-state index in [1.807, 2.05) is 11.0 Å². The zero-order valence-electron chi connectivity index (χ0n) is 14.6. The fraction of sp³-hybridized carbons (Fsp3) is 0.350. The van der Waals surface area contributed by atoms with E-state index in [4.69, 9.17) is 0 Å². The maximum Gasteiger partial charge on any atom is 0.317 e. The number of nitrogens with zero attached hydrogens (tertiary/aromatic N) is 2. The highest BCUT2D eigenvalue weighted by Gasteiger charge is 2.22. The van der Waals surface area contributed by atoms with E-state index in [1.54, 1.807) is 12.1 Å². The number of urea groups is 1. The first-order valence-electron chi connectivity index (χ1n) is 8.92. The molecular weight excluding hydrogens is 330 g/mol. The van der Waals surface area contributed by atoms with Crippen LogP contribution in [0.2, 0.25) is 0 Å². The zero-order valence-corrected chi connectivity index (χ0v) is 14.6. The standard InChI is InChI=1S/C20H23N3O3/c24-20(21-15-18-6-8-19(9-7-18)23(25)26)22-12-10-17(11-13-22)14-16-4-2-1-3-5-16/h1-9,17H,10-15H2,(H,21,24). The maximum absolute atomic E-state index is 12.3. The highest BCUT2D eigenvalue weighted by atomic mass is 16.6. The molecule has 1 aliphatic rings. The number of nitrogens with one attached hydrogen (secondary N) is 1. The van der Waals surface area contributed by atoms with Crippen molar-refractivity contribution in [3.63, 3.8) is 0 Å². The summed E-state index contributed by atoms with van der Waals surface area (Å²) in [7, 11) is 0. The Morgan fingerprint density at radius 1 is 1.04 bits per heavy atom. The maximum atomic E-state index is 12.3. The van der Waals surface area contributed by atoms with Gasteiger partial charge in [0.1, 0.15) is 0 Å². The molecule has 6 nitrogen and oxygen atoms in total. The summed E-state index contributed by atoms with van der Waals surface area (Å²) in [6, 6.07) is 16.7. The van der Waals surface area contributed by atoms with E-state index in [9.17, 15) is 14.9 Å².